The minimum absolute atomic E-state index is 0.0517. The first kappa shape index (κ1) is 15.3. The third-order valence-electron chi connectivity index (χ3n) is 6.49. The van der Waals surface area contributed by atoms with Gasteiger partial charge >= 0.3 is 0 Å². The highest BCUT2D eigenvalue weighted by atomic mass is 16.5. The molecule has 0 aromatic heterocycles. The van der Waals surface area contributed by atoms with Crippen molar-refractivity contribution in [3.63, 3.8) is 0 Å². The summed E-state index contributed by atoms with van der Waals surface area (Å²) in [5, 5.41) is 0. The van der Waals surface area contributed by atoms with E-state index in [2.05, 4.69) is 45.9 Å². The fourth-order valence-electron chi connectivity index (χ4n) is 5.56. The molecule has 0 N–H and O–H groups in total. The highest BCUT2D eigenvalue weighted by Crippen LogP contribution is 2.63. The summed E-state index contributed by atoms with van der Waals surface area (Å²) in [6, 6.07) is 4.84. The van der Waals surface area contributed by atoms with Crippen LogP contribution in [0.2, 0.25) is 0 Å². The second kappa shape index (κ2) is 5.13. The van der Waals surface area contributed by atoms with Gasteiger partial charge in [0.2, 0.25) is 0 Å². The Morgan fingerprint density at radius 1 is 1.17 bits per heavy atom. The first-order valence-electron chi connectivity index (χ1n) is 9.47. The van der Waals surface area contributed by atoms with Crippen molar-refractivity contribution in [3.8, 4) is 5.75 Å². The summed E-state index contributed by atoms with van der Waals surface area (Å²) in [5.41, 5.74) is 6.51. The third-order valence-corrected chi connectivity index (χ3v) is 6.49. The van der Waals surface area contributed by atoms with Crippen molar-refractivity contribution in [1.82, 2.24) is 0 Å². The lowest BCUT2D eigenvalue weighted by atomic mass is 9.48. The first-order chi connectivity index (χ1) is 11.0. The fraction of sp³-hybridized carbons (Fsp3) is 0.636. The van der Waals surface area contributed by atoms with Crippen molar-refractivity contribution in [2.24, 2.45) is 5.92 Å². The molecule has 1 aromatic carbocycles. The number of allylic oxidation sites excluding steroid dienone is 2. The van der Waals surface area contributed by atoms with E-state index in [0.29, 0.717) is 11.3 Å². The molecule has 2 atom stereocenters. The monoisotopic (exact) mass is 310 g/mol. The number of unbranched alkanes of at least 4 members (excludes halogenated alkanes) is 2. The van der Waals surface area contributed by atoms with E-state index in [1.807, 2.05) is 0 Å². The average Bonchev–Trinajstić information content (AvgIpc) is 2.44. The summed E-state index contributed by atoms with van der Waals surface area (Å²) < 4.78 is 6.55. The molecule has 0 fully saturated rings. The molecular formula is C22H30O. The van der Waals surface area contributed by atoms with Crippen molar-refractivity contribution < 1.29 is 4.74 Å². The Hall–Kier alpha value is -1.24. The Balaban J connectivity index is 1.73. The minimum atomic E-state index is -0.0517. The van der Waals surface area contributed by atoms with Gasteiger partial charge in [0.05, 0.1) is 0 Å². The van der Waals surface area contributed by atoms with Gasteiger partial charge in [-0.1, -0.05) is 37.5 Å². The van der Waals surface area contributed by atoms with Gasteiger partial charge in [0.1, 0.15) is 11.4 Å². The van der Waals surface area contributed by atoms with Crippen LogP contribution >= 0.6 is 0 Å². The SMILES string of the molecule is CCCCCc1cc2c3c(c1)OC(C)(C)[C@@H]1CC=C(C)C[C@@]31C2. The molecule has 0 radical (unpaired) electrons. The molecule has 3 aliphatic rings. The predicted molar refractivity (Wildman–Crippen MR) is 96.2 cm³/mol. The van der Waals surface area contributed by atoms with E-state index in [1.165, 1.54) is 56.3 Å². The van der Waals surface area contributed by atoms with Crippen molar-refractivity contribution in [2.45, 2.75) is 83.7 Å². The summed E-state index contributed by atoms with van der Waals surface area (Å²) >= 11 is 0. The largest absolute Gasteiger partial charge is 0.487 e. The number of hydrogen-bond acceptors (Lipinski definition) is 1. The van der Waals surface area contributed by atoms with Crippen LogP contribution in [-0.2, 0) is 18.3 Å². The zero-order chi connectivity index (χ0) is 16.2. The molecule has 4 rings (SSSR count). The van der Waals surface area contributed by atoms with Gasteiger partial charge in [-0.3, -0.25) is 0 Å². The van der Waals surface area contributed by atoms with Crippen molar-refractivity contribution in [2.75, 3.05) is 0 Å². The smallest absolute Gasteiger partial charge is 0.124 e. The fourth-order valence-corrected chi connectivity index (χ4v) is 5.56. The molecule has 1 heteroatoms. The molecule has 1 aliphatic heterocycles. The molecular weight excluding hydrogens is 280 g/mol. The van der Waals surface area contributed by atoms with Crippen LogP contribution in [0.4, 0.5) is 0 Å². The van der Waals surface area contributed by atoms with Gasteiger partial charge in [0.15, 0.2) is 0 Å². The molecule has 0 saturated carbocycles. The van der Waals surface area contributed by atoms with Crippen molar-refractivity contribution in [3.05, 3.63) is 40.5 Å². The summed E-state index contributed by atoms with van der Waals surface area (Å²) in [6.07, 6.45) is 11.2. The Bertz CT molecular complexity index is 667. The molecule has 0 saturated heterocycles. The highest BCUT2D eigenvalue weighted by Gasteiger charge is 2.59. The quantitative estimate of drug-likeness (QED) is 0.509. The van der Waals surface area contributed by atoms with Gasteiger partial charge < -0.3 is 4.74 Å². The molecule has 0 unspecified atom stereocenters. The number of rotatable bonds is 4. The van der Waals surface area contributed by atoms with E-state index < -0.39 is 0 Å². The molecule has 124 valence electrons. The maximum absolute atomic E-state index is 6.55. The standard InChI is InChI=1S/C22H30O/c1-5-6-7-8-16-11-17-14-22-13-15(2)9-10-19(22)21(3,4)23-18(12-16)20(17)22/h9,11-12,19H,5-8,10,13-14H2,1-4H3/t19-,22-/m0/s1. The number of benzene rings is 1. The topological polar surface area (TPSA) is 9.23 Å². The van der Waals surface area contributed by atoms with E-state index >= 15 is 0 Å². The molecule has 2 aliphatic carbocycles. The Morgan fingerprint density at radius 3 is 2.78 bits per heavy atom. The van der Waals surface area contributed by atoms with Crippen molar-refractivity contribution >= 4 is 0 Å². The van der Waals surface area contributed by atoms with Gasteiger partial charge in [0.25, 0.3) is 0 Å². The third kappa shape index (κ3) is 2.19. The average molecular weight is 310 g/mol. The lowest BCUT2D eigenvalue weighted by Crippen LogP contribution is -2.60. The van der Waals surface area contributed by atoms with E-state index in [1.54, 1.807) is 16.7 Å². The van der Waals surface area contributed by atoms with Gasteiger partial charge in [-0.05, 0) is 70.1 Å². The van der Waals surface area contributed by atoms with E-state index in [0.717, 1.165) is 0 Å². The molecule has 1 aromatic rings. The van der Waals surface area contributed by atoms with Gasteiger partial charge in [0, 0.05) is 16.9 Å². The van der Waals surface area contributed by atoms with Crippen LogP contribution in [-0.4, -0.2) is 5.60 Å². The van der Waals surface area contributed by atoms with E-state index in [9.17, 15) is 0 Å². The second-order valence-electron chi connectivity index (χ2n) is 8.64. The number of ether oxygens (including phenoxy) is 1. The first-order valence-corrected chi connectivity index (χ1v) is 9.47. The predicted octanol–water partition coefficient (Wildman–Crippen LogP) is 5.74. The van der Waals surface area contributed by atoms with Crippen LogP contribution in [0.25, 0.3) is 0 Å². The number of hydrogen-bond donors (Lipinski definition) is 0. The van der Waals surface area contributed by atoms with Crippen molar-refractivity contribution in [1.29, 1.82) is 0 Å². The van der Waals surface area contributed by atoms with Crippen LogP contribution in [0, 0.1) is 5.92 Å². The molecule has 1 spiro atoms. The Morgan fingerprint density at radius 2 is 2.00 bits per heavy atom. The molecule has 1 heterocycles. The molecule has 0 amide bonds. The number of aryl methyl sites for hydroxylation is 1. The van der Waals surface area contributed by atoms with Gasteiger partial charge in [-0.2, -0.15) is 0 Å². The van der Waals surface area contributed by atoms with Crippen LogP contribution in [0.3, 0.4) is 0 Å². The van der Waals surface area contributed by atoms with Crippen LogP contribution in [0.1, 0.15) is 76.5 Å². The summed E-state index contributed by atoms with van der Waals surface area (Å²) in [6.45, 7) is 9.19. The maximum Gasteiger partial charge on any atom is 0.124 e. The Kier molecular flexibility index (Phi) is 3.41. The van der Waals surface area contributed by atoms with E-state index in [4.69, 9.17) is 4.74 Å². The Labute approximate surface area is 141 Å². The van der Waals surface area contributed by atoms with Crippen LogP contribution in [0.5, 0.6) is 5.75 Å². The maximum atomic E-state index is 6.55. The van der Waals surface area contributed by atoms with Gasteiger partial charge in [-0.15, -0.1) is 0 Å². The molecule has 23 heavy (non-hydrogen) atoms. The summed E-state index contributed by atoms with van der Waals surface area (Å²) in [7, 11) is 0. The second-order valence-corrected chi connectivity index (χ2v) is 8.64. The minimum Gasteiger partial charge on any atom is -0.487 e. The zero-order valence-electron chi connectivity index (χ0n) is 15.2. The summed E-state index contributed by atoms with van der Waals surface area (Å²) in [5.74, 6) is 1.83. The highest BCUT2D eigenvalue weighted by molar-refractivity contribution is 5.60. The lowest BCUT2D eigenvalue weighted by molar-refractivity contribution is -0.0385. The molecule has 1 nitrogen and oxygen atoms in total. The molecule has 0 bridgehead atoms. The van der Waals surface area contributed by atoms with Crippen LogP contribution in [0.15, 0.2) is 23.8 Å². The normalized spacial score (nSPS) is 29.7. The zero-order valence-corrected chi connectivity index (χ0v) is 15.2. The van der Waals surface area contributed by atoms with E-state index in [-0.39, 0.29) is 5.60 Å². The van der Waals surface area contributed by atoms with Gasteiger partial charge in [-0.25, -0.2) is 0 Å². The summed E-state index contributed by atoms with van der Waals surface area (Å²) in [4.78, 5) is 0. The lowest BCUT2D eigenvalue weighted by Gasteiger charge is -2.60. The van der Waals surface area contributed by atoms with Crippen LogP contribution < -0.4 is 4.74 Å².